The van der Waals surface area contributed by atoms with Crippen LogP contribution in [0, 0.1) is 6.92 Å². The first-order valence-corrected chi connectivity index (χ1v) is 7.27. The number of hydrogen-bond donors (Lipinski definition) is 0. The van der Waals surface area contributed by atoms with E-state index in [4.69, 9.17) is 0 Å². The third-order valence-corrected chi connectivity index (χ3v) is 4.51. The lowest BCUT2D eigenvalue weighted by Crippen LogP contribution is -2.29. The number of fused-ring (bicyclic) bond motifs is 1. The van der Waals surface area contributed by atoms with Gasteiger partial charge in [-0.05, 0) is 6.92 Å². The molecule has 1 aliphatic heterocycles. The van der Waals surface area contributed by atoms with Crippen molar-refractivity contribution in [3.05, 3.63) is 32.4 Å². The lowest BCUT2D eigenvalue weighted by molar-refractivity contribution is 0.271. The van der Waals surface area contributed by atoms with E-state index in [9.17, 15) is 4.79 Å². The molecule has 0 N–H and O–H groups in total. The first-order valence-electron chi connectivity index (χ1n) is 6.39. The van der Waals surface area contributed by atoms with E-state index in [2.05, 4.69) is 15.0 Å². The fourth-order valence-electron chi connectivity index (χ4n) is 2.42. The average Bonchev–Trinajstić information content (AvgIpc) is 2.82. The number of aryl methyl sites for hydroxylation is 2. The maximum atomic E-state index is 11.9. The van der Waals surface area contributed by atoms with Crippen LogP contribution in [0.2, 0.25) is 0 Å². The molecule has 102 valence electrons. The molecule has 0 saturated carbocycles. The fourth-order valence-corrected chi connectivity index (χ4v) is 3.23. The Labute approximate surface area is 115 Å². The number of hydrogen-bond acceptors (Lipinski definition) is 5. The zero-order chi connectivity index (χ0) is 13.4. The number of aromatic nitrogens is 4. The van der Waals surface area contributed by atoms with E-state index in [1.165, 1.54) is 9.56 Å². The maximum absolute atomic E-state index is 11.9. The highest BCUT2D eigenvalue weighted by molar-refractivity contribution is 7.09. The van der Waals surface area contributed by atoms with Gasteiger partial charge in [0.15, 0.2) is 0 Å². The Kier molecular flexibility index (Phi) is 3.24. The molecule has 0 radical (unpaired) electrons. The van der Waals surface area contributed by atoms with Crippen LogP contribution >= 0.6 is 11.3 Å². The summed E-state index contributed by atoms with van der Waals surface area (Å²) in [5, 5.41) is 4.29. The summed E-state index contributed by atoms with van der Waals surface area (Å²) < 4.78 is 3.22. The van der Waals surface area contributed by atoms with Crippen LogP contribution < -0.4 is 5.69 Å². The van der Waals surface area contributed by atoms with Crippen molar-refractivity contribution >= 4 is 11.3 Å². The summed E-state index contributed by atoms with van der Waals surface area (Å²) in [6.45, 7) is 5.51. The molecule has 0 spiro atoms. The molecule has 3 rings (SSSR count). The van der Waals surface area contributed by atoms with E-state index < -0.39 is 0 Å². The summed E-state index contributed by atoms with van der Waals surface area (Å²) in [4.78, 5) is 19.8. The summed E-state index contributed by atoms with van der Waals surface area (Å²) in [5.74, 6) is 0.899. The molecule has 2 aromatic rings. The van der Waals surface area contributed by atoms with Crippen LogP contribution in [0.15, 0.2) is 10.3 Å². The summed E-state index contributed by atoms with van der Waals surface area (Å²) in [6, 6.07) is 0. The van der Waals surface area contributed by atoms with Crippen molar-refractivity contribution in [2.45, 2.75) is 26.4 Å². The monoisotopic (exact) mass is 279 g/mol. The molecule has 2 aromatic heterocycles. The predicted molar refractivity (Wildman–Crippen MR) is 73.3 cm³/mol. The average molecular weight is 279 g/mol. The second kappa shape index (κ2) is 4.90. The zero-order valence-electron chi connectivity index (χ0n) is 11.2. The minimum absolute atomic E-state index is 0.00850. The van der Waals surface area contributed by atoms with Gasteiger partial charge in [-0.2, -0.15) is 5.10 Å². The molecule has 0 saturated heterocycles. The fraction of sp³-hybridized carbons (Fsp3) is 0.583. The van der Waals surface area contributed by atoms with Crippen LogP contribution in [0.3, 0.4) is 0 Å². The number of thiazole rings is 1. The molecular weight excluding hydrogens is 262 g/mol. The van der Waals surface area contributed by atoms with E-state index in [1.54, 1.807) is 23.0 Å². The van der Waals surface area contributed by atoms with E-state index in [0.29, 0.717) is 0 Å². The summed E-state index contributed by atoms with van der Waals surface area (Å²) in [6.07, 6.45) is 0.827. The van der Waals surface area contributed by atoms with Gasteiger partial charge in [-0.25, -0.2) is 14.5 Å². The lowest BCUT2D eigenvalue weighted by Gasteiger charge is -2.18. The molecule has 6 nitrogen and oxygen atoms in total. The molecule has 19 heavy (non-hydrogen) atoms. The van der Waals surface area contributed by atoms with Crippen LogP contribution in [0.25, 0.3) is 0 Å². The van der Waals surface area contributed by atoms with Crippen molar-refractivity contribution in [2.75, 3.05) is 13.1 Å². The molecule has 7 heteroatoms. The van der Waals surface area contributed by atoms with Crippen molar-refractivity contribution in [3.8, 4) is 0 Å². The molecule has 0 atom stereocenters. The molecule has 1 aliphatic rings. The second-order valence-corrected chi connectivity index (χ2v) is 5.80. The normalized spacial score (nSPS) is 16.3. The van der Waals surface area contributed by atoms with Crippen LogP contribution in [-0.4, -0.2) is 37.3 Å². The minimum atomic E-state index is -0.00850. The summed E-state index contributed by atoms with van der Waals surface area (Å²) in [7, 11) is 1.71. The second-order valence-electron chi connectivity index (χ2n) is 4.86. The van der Waals surface area contributed by atoms with Crippen molar-refractivity contribution in [2.24, 2.45) is 7.05 Å². The van der Waals surface area contributed by atoms with Crippen molar-refractivity contribution in [1.29, 1.82) is 0 Å². The standard InChI is InChI=1S/C12H17N5OS/c1-9-10(19-8-13-9)7-16-4-3-11-14-15(2)12(18)17(11)6-5-16/h8H,3-7H2,1-2H3. The topological polar surface area (TPSA) is 56.0 Å². The number of nitrogens with zero attached hydrogens (tertiary/aromatic N) is 5. The molecule has 3 heterocycles. The van der Waals surface area contributed by atoms with Gasteiger partial charge in [0.05, 0.1) is 11.2 Å². The molecule has 0 aliphatic carbocycles. The highest BCUT2D eigenvalue weighted by Crippen LogP contribution is 2.16. The molecule has 0 amide bonds. The van der Waals surface area contributed by atoms with Crippen LogP contribution in [0.1, 0.15) is 16.4 Å². The van der Waals surface area contributed by atoms with Crippen molar-refractivity contribution in [3.63, 3.8) is 0 Å². The van der Waals surface area contributed by atoms with Crippen molar-refractivity contribution in [1.82, 2.24) is 24.2 Å². The Bertz CT molecular complexity index is 641. The predicted octanol–water partition coefficient (Wildman–Crippen LogP) is 0.405. The quantitative estimate of drug-likeness (QED) is 0.799. The van der Waals surface area contributed by atoms with E-state index in [0.717, 1.165) is 44.1 Å². The smallest absolute Gasteiger partial charge is 0.296 e. The van der Waals surface area contributed by atoms with Crippen LogP contribution in [0.5, 0.6) is 0 Å². The third-order valence-electron chi connectivity index (χ3n) is 3.59. The molecule has 0 unspecified atom stereocenters. The van der Waals surface area contributed by atoms with Gasteiger partial charge >= 0.3 is 5.69 Å². The third kappa shape index (κ3) is 2.35. The van der Waals surface area contributed by atoms with Gasteiger partial charge in [0.25, 0.3) is 0 Å². The Morgan fingerprint density at radius 2 is 2.21 bits per heavy atom. The van der Waals surface area contributed by atoms with Gasteiger partial charge in [-0.15, -0.1) is 11.3 Å². The molecular formula is C12H17N5OS. The summed E-state index contributed by atoms with van der Waals surface area (Å²) >= 11 is 1.70. The Morgan fingerprint density at radius 1 is 1.37 bits per heavy atom. The first kappa shape index (κ1) is 12.6. The largest absolute Gasteiger partial charge is 0.345 e. The minimum Gasteiger partial charge on any atom is -0.296 e. The zero-order valence-corrected chi connectivity index (χ0v) is 12.0. The SMILES string of the molecule is Cc1ncsc1CN1CCc2nn(C)c(=O)n2CC1. The molecule has 0 aromatic carbocycles. The summed E-state index contributed by atoms with van der Waals surface area (Å²) in [5.41, 5.74) is 3.00. The maximum Gasteiger partial charge on any atom is 0.345 e. The van der Waals surface area contributed by atoms with Gasteiger partial charge in [0, 0.05) is 44.5 Å². The molecule has 0 fully saturated rings. The van der Waals surface area contributed by atoms with Gasteiger partial charge < -0.3 is 0 Å². The highest BCUT2D eigenvalue weighted by atomic mass is 32.1. The molecule has 0 bridgehead atoms. The van der Waals surface area contributed by atoms with Crippen molar-refractivity contribution < 1.29 is 0 Å². The van der Waals surface area contributed by atoms with Gasteiger partial charge in [0.1, 0.15) is 5.82 Å². The van der Waals surface area contributed by atoms with Gasteiger partial charge in [0.2, 0.25) is 0 Å². The Hall–Kier alpha value is -1.47. The van der Waals surface area contributed by atoms with Crippen LogP contribution in [-0.2, 0) is 26.6 Å². The highest BCUT2D eigenvalue weighted by Gasteiger charge is 2.19. The Balaban J connectivity index is 1.74. The number of rotatable bonds is 2. The lowest BCUT2D eigenvalue weighted by atomic mass is 10.3. The first-order chi connectivity index (χ1) is 9.15. The van der Waals surface area contributed by atoms with Gasteiger partial charge in [-0.3, -0.25) is 9.47 Å². The van der Waals surface area contributed by atoms with Gasteiger partial charge in [-0.1, -0.05) is 0 Å². The van der Waals surface area contributed by atoms with E-state index in [1.807, 2.05) is 12.4 Å². The Morgan fingerprint density at radius 3 is 2.95 bits per heavy atom. The van der Waals surface area contributed by atoms with E-state index >= 15 is 0 Å². The van der Waals surface area contributed by atoms with E-state index in [-0.39, 0.29) is 5.69 Å². The van der Waals surface area contributed by atoms with Crippen LogP contribution in [0.4, 0.5) is 0 Å².